The lowest BCUT2D eigenvalue weighted by atomic mass is 9.71. The number of carbonyl (C=O) groups is 1. The summed E-state index contributed by atoms with van der Waals surface area (Å²) in [4.78, 5) is 11.4. The Bertz CT molecular complexity index is 276. The van der Waals surface area contributed by atoms with Crippen molar-refractivity contribution in [3.63, 3.8) is 0 Å². The molecule has 1 aliphatic heterocycles. The van der Waals surface area contributed by atoms with E-state index in [4.69, 9.17) is 5.26 Å². The van der Waals surface area contributed by atoms with Gasteiger partial charge >= 0.3 is 0 Å². The van der Waals surface area contributed by atoms with Crippen molar-refractivity contribution in [2.45, 2.75) is 32.9 Å². The van der Waals surface area contributed by atoms with Crippen LogP contribution in [-0.2, 0) is 4.79 Å². The number of nitrogens with one attached hydrogen (secondary N) is 1. The molecule has 0 unspecified atom stereocenters. The first-order valence-electron chi connectivity index (χ1n) is 4.22. The molecule has 0 aliphatic carbocycles. The SMILES string of the molecule is CC1(C)C[C@](C)(O)NC(=O)[C@@H]1C#N. The van der Waals surface area contributed by atoms with Gasteiger partial charge in [-0.15, -0.1) is 0 Å². The average Bonchev–Trinajstić information content (AvgIpc) is 1.79. The summed E-state index contributed by atoms with van der Waals surface area (Å²) in [6.45, 7) is 5.17. The highest BCUT2D eigenvalue weighted by Gasteiger charge is 2.46. The van der Waals surface area contributed by atoms with E-state index >= 15 is 0 Å². The third-order valence-corrected chi connectivity index (χ3v) is 2.37. The number of rotatable bonds is 0. The van der Waals surface area contributed by atoms with Gasteiger partial charge < -0.3 is 10.4 Å². The van der Waals surface area contributed by atoms with Crippen LogP contribution in [0.25, 0.3) is 0 Å². The van der Waals surface area contributed by atoms with E-state index in [9.17, 15) is 9.90 Å². The predicted octanol–water partition coefficient (Wildman–Crippen LogP) is 0.381. The zero-order valence-corrected chi connectivity index (χ0v) is 8.09. The lowest BCUT2D eigenvalue weighted by molar-refractivity contribution is -0.145. The van der Waals surface area contributed by atoms with Gasteiger partial charge in [0, 0.05) is 6.42 Å². The van der Waals surface area contributed by atoms with E-state index in [-0.39, 0.29) is 5.91 Å². The molecule has 2 atom stereocenters. The van der Waals surface area contributed by atoms with E-state index in [2.05, 4.69) is 5.32 Å². The van der Waals surface area contributed by atoms with Crippen LogP contribution < -0.4 is 5.32 Å². The third kappa shape index (κ3) is 1.81. The second-order valence-corrected chi connectivity index (χ2v) is 4.49. The highest BCUT2D eigenvalue weighted by atomic mass is 16.3. The van der Waals surface area contributed by atoms with Gasteiger partial charge in [-0.05, 0) is 12.3 Å². The van der Waals surface area contributed by atoms with Crippen molar-refractivity contribution in [2.75, 3.05) is 0 Å². The maximum absolute atomic E-state index is 11.4. The van der Waals surface area contributed by atoms with Crippen molar-refractivity contribution in [3.8, 4) is 6.07 Å². The number of aliphatic hydroxyl groups is 1. The molecule has 0 aromatic rings. The normalized spacial score (nSPS) is 37.8. The predicted molar refractivity (Wildman–Crippen MR) is 46.3 cm³/mol. The van der Waals surface area contributed by atoms with Gasteiger partial charge in [-0.2, -0.15) is 5.26 Å². The number of carbonyl (C=O) groups excluding carboxylic acids is 1. The van der Waals surface area contributed by atoms with E-state index in [0.29, 0.717) is 6.42 Å². The van der Waals surface area contributed by atoms with Gasteiger partial charge in [0.1, 0.15) is 11.6 Å². The Kier molecular flexibility index (Phi) is 2.08. The molecule has 1 amide bonds. The topological polar surface area (TPSA) is 73.1 Å². The van der Waals surface area contributed by atoms with Crippen molar-refractivity contribution >= 4 is 5.91 Å². The quantitative estimate of drug-likeness (QED) is 0.569. The van der Waals surface area contributed by atoms with Gasteiger partial charge in [-0.1, -0.05) is 13.8 Å². The summed E-state index contributed by atoms with van der Waals surface area (Å²) >= 11 is 0. The zero-order chi connectivity index (χ0) is 10.3. The molecule has 2 N–H and O–H groups in total. The Morgan fingerprint density at radius 1 is 1.62 bits per heavy atom. The van der Waals surface area contributed by atoms with Crippen molar-refractivity contribution in [3.05, 3.63) is 0 Å². The van der Waals surface area contributed by atoms with E-state index in [1.54, 1.807) is 6.92 Å². The number of piperidine rings is 1. The highest BCUT2D eigenvalue weighted by molar-refractivity contribution is 5.83. The first-order chi connectivity index (χ1) is 5.78. The molecule has 0 spiro atoms. The molecule has 0 bridgehead atoms. The summed E-state index contributed by atoms with van der Waals surface area (Å²) in [6.07, 6.45) is 0.393. The van der Waals surface area contributed by atoms with Crippen LogP contribution in [0.15, 0.2) is 0 Å². The van der Waals surface area contributed by atoms with Crippen LogP contribution in [-0.4, -0.2) is 16.7 Å². The summed E-state index contributed by atoms with van der Waals surface area (Å²) in [6, 6.07) is 1.96. The Labute approximate surface area is 77.6 Å². The van der Waals surface area contributed by atoms with Gasteiger partial charge in [-0.3, -0.25) is 4.79 Å². The summed E-state index contributed by atoms with van der Waals surface area (Å²) in [5, 5.41) is 20.8. The number of nitrogens with zero attached hydrogens (tertiary/aromatic N) is 1. The van der Waals surface area contributed by atoms with Crippen molar-refractivity contribution in [1.29, 1.82) is 5.26 Å². The first kappa shape index (κ1) is 10.0. The third-order valence-electron chi connectivity index (χ3n) is 2.37. The van der Waals surface area contributed by atoms with Crippen molar-refractivity contribution < 1.29 is 9.90 Å². The molecule has 1 heterocycles. The summed E-state index contributed by atoms with van der Waals surface area (Å²) in [7, 11) is 0. The van der Waals surface area contributed by atoms with Crippen LogP contribution in [0.1, 0.15) is 27.2 Å². The minimum atomic E-state index is -1.19. The number of amides is 1. The van der Waals surface area contributed by atoms with Crippen LogP contribution in [0.2, 0.25) is 0 Å². The maximum atomic E-state index is 11.4. The second kappa shape index (κ2) is 2.71. The molecule has 72 valence electrons. The van der Waals surface area contributed by atoms with Gasteiger partial charge in [0.2, 0.25) is 5.91 Å². The first-order valence-corrected chi connectivity index (χ1v) is 4.22. The van der Waals surface area contributed by atoms with Crippen molar-refractivity contribution in [1.82, 2.24) is 5.32 Å². The van der Waals surface area contributed by atoms with Crippen LogP contribution in [0.5, 0.6) is 0 Å². The van der Waals surface area contributed by atoms with Gasteiger partial charge in [-0.25, -0.2) is 0 Å². The molecular formula is C9H14N2O2. The largest absolute Gasteiger partial charge is 0.371 e. The molecule has 0 saturated carbocycles. The van der Waals surface area contributed by atoms with E-state index in [1.165, 1.54) is 0 Å². The van der Waals surface area contributed by atoms with Gasteiger partial charge in [0.15, 0.2) is 0 Å². The monoisotopic (exact) mass is 182 g/mol. The van der Waals surface area contributed by atoms with E-state index in [0.717, 1.165) is 0 Å². The lowest BCUT2D eigenvalue weighted by Crippen LogP contribution is -2.58. The molecule has 4 heteroatoms. The smallest absolute Gasteiger partial charge is 0.240 e. The molecule has 0 aromatic heterocycles. The minimum absolute atomic E-state index is 0.385. The van der Waals surface area contributed by atoms with Gasteiger partial charge in [0.25, 0.3) is 0 Å². The Morgan fingerprint density at radius 2 is 2.15 bits per heavy atom. The Balaban J connectivity index is 2.97. The molecule has 1 fully saturated rings. The zero-order valence-electron chi connectivity index (χ0n) is 8.09. The molecular weight excluding hydrogens is 168 g/mol. The van der Waals surface area contributed by atoms with E-state index < -0.39 is 17.1 Å². The fraction of sp³-hybridized carbons (Fsp3) is 0.778. The molecule has 13 heavy (non-hydrogen) atoms. The van der Waals surface area contributed by atoms with Crippen LogP contribution in [0, 0.1) is 22.7 Å². The average molecular weight is 182 g/mol. The number of hydrogen-bond donors (Lipinski definition) is 2. The fourth-order valence-electron chi connectivity index (χ4n) is 1.96. The summed E-state index contributed by atoms with van der Waals surface area (Å²) < 4.78 is 0. The maximum Gasteiger partial charge on any atom is 0.240 e. The fourth-order valence-corrected chi connectivity index (χ4v) is 1.96. The molecule has 4 nitrogen and oxygen atoms in total. The summed E-state index contributed by atoms with van der Waals surface area (Å²) in [5.41, 5.74) is -1.66. The molecule has 0 radical (unpaired) electrons. The van der Waals surface area contributed by atoms with Gasteiger partial charge in [0.05, 0.1) is 6.07 Å². The van der Waals surface area contributed by atoms with Crippen molar-refractivity contribution in [2.24, 2.45) is 11.3 Å². The number of nitriles is 1. The standard InChI is InChI=1S/C9H14N2O2/c1-8(2)5-9(3,13)11-7(12)6(8)4-10/h6,13H,5H2,1-3H3,(H,11,12)/t6-,9-/m0/s1. The molecule has 1 saturated heterocycles. The molecule has 0 aromatic carbocycles. The highest BCUT2D eigenvalue weighted by Crippen LogP contribution is 2.38. The van der Waals surface area contributed by atoms with Crippen LogP contribution >= 0.6 is 0 Å². The van der Waals surface area contributed by atoms with Crippen LogP contribution in [0.4, 0.5) is 0 Å². The summed E-state index contributed by atoms with van der Waals surface area (Å²) in [5.74, 6) is -1.06. The second-order valence-electron chi connectivity index (χ2n) is 4.49. The Morgan fingerprint density at radius 3 is 2.54 bits per heavy atom. The molecule has 1 rings (SSSR count). The Hall–Kier alpha value is -1.08. The lowest BCUT2D eigenvalue weighted by Gasteiger charge is -2.42. The minimum Gasteiger partial charge on any atom is -0.371 e. The molecule has 1 aliphatic rings. The van der Waals surface area contributed by atoms with E-state index in [1.807, 2.05) is 19.9 Å². The van der Waals surface area contributed by atoms with Crippen LogP contribution in [0.3, 0.4) is 0 Å². The number of hydrogen-bond acceptors (Lipinski definition) is 3.